The number of carbonyl (C=O) groups excluding carboxylic acids is 2. The Morgan fingerprint density at radius 1 is 1.12 bits per heavy atom. The Balaban J connectivity index is 1.59. The topological polar surface area (TPSA) is 58.6 Å². The highest BCUT2D eigenvalue weighted by atomic mass is 35.5. The maximum atomic E-state index is 13.8. The Labute approximate surface area is 202 Å². The number of hydrogen-bond donors (Lipinski definition) is 1. The highest BCUT2D eigenvalue weighted by molar-refractivity contribution is 7.10. The summed E-state index contributed by atoms with van der Waals surface area (Å²) < 4.78 is 5.23. The number of hydrogen-bond acceptors (Lipinski definition) is 4. The van der Waals surface area contributed by atoms with E-state index < -0.39 is 5.92 Å². The van der Waals surface area contributed by atoms with Gasteiger partial charge in [-0.2, -0.15) is 0 Å². The minimum atomic E-state index is -0.529. The number of carbonyl (C=O) groups is 2. The van der Waals surface area contributed by atoms with Crippen molar-refractivity contribution in [2.24, 2.45) is 0 Å². The first-order chi connectivity index (χ1) is 16.1. The lowest BCUT2D eigenvalue weighted by Gasteiger charge is -2.44. The van der Waals surface area contributed by atoms with E-state index in [0.717, 1.165) is 36.1 Å². The van der Waals surface area contributed by atoms with Crippen LogP contribution < -0.4 is 10.1 Å². The quantitative estimate of drug-likeness (QED) is 0.468. The van der Waals surface area contributed by atoms with Gasteiger partial charge >= 0.3 is 0 Å². The maximum Gasteiger partial charge on any atom is 0.254 e. The summed E-state index contributed by atoms with van der Waals surface area (Å²) in [6, 6.07) is 16.5. The van der Waals surface area contributed by atoms with Gasteiger partial charge in [-0.3, -0.25) is 9.59 Å². The van der Waals surface area contributed by atoms with Crippen molar-refractivity contribution in [3.8, 4) is 5.75 Å². The lowest BCUT2D eigenvalue weighted by atomic mass is 9.80. The van der Waals surface area contributed by atoms with E-state index in [2.05, 4.69) is 5.32 Å². The molecule has 7 heteroatoms. The Bertz CT molecular complexity index is 1170. The zero-order valence-corrected chi connectivity index (χ0v) is 19.9. The van der Waals surface area contributed by atoms with Crippen molar-refractivity contribution in [2.45, 2.75) is 43.7 Å². The van der Waals surface area contributed by atoms with Gasteiger partial charge in [0.2, 0.25) is 5.91 Å². The van der Waals surface area contributed by atoms with Gasteiger partial charge < -0.3 is 15.0 Å². The zero-order chi connectivity index (χ0) is 22.9. The summed E-state index contributed by atoms with van der Waals surface area (Å²) in [6.45, 7) is 0. The van der Waals surface area contributed by atoms with Crippen LogP contribution in [0.3, 0.4) is 0 Å². The first-order valence-corrected chi connectivity index (χ1v) is 12.4. The van der Waals surface area contributed by atoms with Crippen LogP contribution in [-0.2, 0) is 4.79 Å². The van der Waals surface area contributed by atoms with Crippen molar-refractivity contribution in [1.29, 1.82) is 0 Å². The van der Waals surface area contributed by atoms with Crippen LogP contribution in [-0.4, -0.2) is 29.9 Å². The molecule has 5 rings (SSSR count). The molecule has 1 aromatic heterocycles. The number of methoxy groups -OCH3 is 1. The van der Waals surface area contributed by atoms with E-state index in [-0.39, 0.29) is 23.9 Å². The van der Waals surface area contributed by atoms with Crippen molar-refractivity contribution in [2.75, 3.05) is 12.4 Å². The van der Waals surface area contributed by atoms with Gasteiger partial charge in [-0.05, 0) is 54.1 Å². The van der Waals surface area contributed by atoms with E-state index in [1.54, 1.807) is 36.6 Å². The Hall–Kier alpha value is -2.83. The molecule has 1 aliphatic carbocycles. The van der Waals surface area contributed by atoms with Gasteiger partial charge in [0.15, 0.2) is 0 Å². The lowest BCUT2D eigenvalue weighted by Crippen LogP contribution is -2.49. The van der Waals surface area contributed by atoms with Gasteiger partial charge in [-0.25, -0.2) is 0 Å². The first-order valence-electron chi connectivity index (χ1n) is 11.2. The number of nitrogens with zero attached hydrogens (tertiary/aromatic N) is 1. The summed E-state index contributed by atoms with van der Waals surface area (Å²) in [5.74, 6) is -0.115. The molecule has 2 unspecified atom stereocenters. The normalized spacial score (nSPS) is 20.5. The highest BCUT2D eigenvalue weighted by Gasteiger charge is 2.47. The number of nitrogens with one attached hydrogen (secondary N) is 1. The van der Waals surface area contributed by atoms with Crippen LogP contribution in [0.15, 0.2) is 60.0 Å². The van der Waals surface area contributed by atoms with Crippen molar-refractivity contribution in [3.63, 3.8) is 0 Å². The molecule has 0 radical (unpaired) electrons. The second kappa shape index (κ2) is 9.20. The molecule has 170 valence electrons. The Morgan fingerprint density at radius 2 is 1.91 bits per heavy atom. The molecular weight excluding hydrogens is 456 g/mol. The summed E-state index contributed by atoms with van der Waals surface area (Å²) >= 11 is 7.88. The molecule has 2 aliphatic rings. The first kappa shape index (κ1) is 22.0. The third-order valence-electron chi connectivity index (χ3n) is 6.63. The molecule has 0 bridgehead atoms. The second-order valence-corrected chi connectivity index (χ2v) is 9.90. The third-order valence-corrected chi connectivity index (χ3v) is 7.87. The lowest BCUT2D eigenvalue weighted by molar-refractivity contribution is -0.119. The van der Waals surface area contributed by atoms with Gasteiger partial charge in [-0.1, -0.05) is 48.7 Å². The number of halogens is 1. The summed E-state index contributed by atoms with van der Waals surface area (Å²) in [7, 11) is 1.55. The monoisotopic (exact) mass is 480 g/mol. The minimum Gasteiger partial charge on any atom is -0.495 e. The van der Waals surface area contributed by atoms with Crippen molar-refractivity contribution in [1.82, 2.24) is 4.90 Å². The number of thiophene rings is 1. The fourth-order valence-electron chi connectivity index (χ4n) is 5.14. The molecule has 33 heavy (non-hydrogen) atoms. The standard InChI is InChI=1S/C26H25ClN2O3S/c1-32-21-13-12-16(15-20(21)27)28-25(30)23-18-9-4-5-10-19(18)26(31)29(17-7-2-3-8-17)24(23)22-11-6-14-33-22/h4-6,9-15,17,23-24H,2-3,7-8H2,1H3,(H,28,30). The summed E-state index contributed by atoms with van der Waals surface area (Å²) in [5.41, 5.74) is 1.98. The fourth-order valence-corrected chi connectivity index (χ4v) is 6.26. The van der Waals surface area contributed by atoms with Crippen LogP contribution in [0.1, 0.15) is 58.4 Å². The highest BCUT2D eigenvalue weighted by Crippen LogP contribution is 2.47. The van der Waals surface area contributed by atoms with Gasteiger partial charge in [0.05, 0.1) is 24.1 Å². The van der Waals surface area contributed by atoms with Crippen LogP contribution in [0.25, 0.3) is 0 Å². The van der Waals surface area contributed by atoms with Crippen LogP contribution >= 0.6 is 22.9 Å². The molecule has 0 saturated heterocycles. The van der Waals surface area contributed by atoms with Crippen LogP contribution in [0.4, 0.5) is 5.69 Å². The number of fused-ring (bicyclic) bond motifs is 1. The molecule has 0 spiro atoms. The summed E-state index contributed by atoms with van der Waals surface area (Å²) in [6.07, 6.45) is 4.15. The van der Waals surface area contributed by atoms with E-state index in [0.29, 0.717) is 22.0 Å². The van der Waals surface area contributed by atoms with E-state index in [1.807, 2.05) is 46.7 Å². The number of benzene rings is 2. The molecule has 2 aromatic carbocycles. The number of ether oxygens (including phenoxy) is 1. The number of rotatable bonds is 5. The van der Waals surface area contributed by atoms with Crippen molar-refractivity contribution in [3.05, 3.63) is 81.0 Å². The summed E-state index contributed by atoms with van der Waals surface area (Å²) in [5, 5.41) is 5.48. The SMILES string of the molecule is COc1ccc(NC(=O)C2c3ccccc3C(=O)N(C3CCCC3)C2c2cccs2)cc1Cl. The van der Waals surface area contributed by atoms with E-state index in [9.17, 15) is 9.59 Å². The number of amides is 2. The molecule has 2 atom stereocenters. The molecule has 1 N–H and O–H groups in total. The zero-order valence-electron chi connectivity index (χ0n) is 18.3. The molecule has 1 saturated carbocycles. The van der Waals surface area contributed by atoms with Crippen LogP contribution in [0.2, 0.25) is 5.02 Å². The van der Waals surface area contributed by atoms with Crippen LogP contribution in [0.5, 0.6) is 5.75 Å². The summed E-state index contributed by atoms with van der Waals surface area (Å²) in [4.78, 5) is 30.6. The largest absolute Gasteiger partial charge is 0.495 e. The Kier molecular flexibility index (Phi) is 6.13. The molecule has 1 aliphatic heterocycles. The van der Waals surface area contributed by atoms with Gasteiger partial charge in [0.25, 0.3) is 5.91 Å². The third kappa shape index (κ3) is 4.02. The minimum absolute atomic E-state index is 0.0208. The van der Waals surface area contributed by atoms with E-state index in [4.69, 9.17) is 16.3 Å². The Morgan fingerprint density at radius 3 is 2.61 bits per heavy atom. The molecule has 3 aromatic rings. The molecule has 5 nitrogen and oxygen atoms in total. The molecule has 2 amide bonds. The van der Waals surface area contributed by atoms with Crippen molar-refractivity contribution >= 4 is 40.4 Å². The van der Waals surface area contributed by atoms with Crippen LogP contribution in [0, 0.1) is 0 Å². The van der Waals surface area contributed by atoms with E-state index in [1.165, 1.54) is 0 Å². The fraction of sp³-hybridized carbons (Fsp3) is 0.308. The average molecular weight is 481 g/mol. The average Bonchev–Trinajstić information content (AvgIpc) is 3.53. The van der Waals surface area contributed by atoms with Gasteiger partial charge in [0, 0.05) is 22.2 Å². The molecule has 2 heterocycles. The van der Waals surface area contributed by atoms with E-state index >= 15 is 0 Å². The second-order valence-electron chi connectivity index (χ2n) is 8.51. The smallest absolute Gasteiger partial charge is 0.254 e. The molecule has 1 fully saturated rings. The predicted molar refractivity (Wildman–Crippen MR) is 131 cm³/mol. The number of anilines is 1. The maximum absolute atomic E-state index is 13.8. The van der Waals surface area contributed by atoms with Gasteiger partial charge in [-0.15, -0.1) is 11.3 Å². The predicted octanol–water partition coefficient (Wildman–Crippen LogP) is 6.27. The molecular formula is C26H25ClN2O3S. The van der Waals surface area contributed by atoms with Crippen molar-refractivity contribution < 1.29 is 14.3 Å². The van der Waals surface area contributed by atoms with Gasteiger partial charge in [0.1, 0.15) is 5.75 Å².